The lowest BCUT2D eigenvalue weighted by molar-refractivity contribution is 0.102. The number of carbonyl (C=O) groups excluding carboxylic acids is 1. The molecule has 2 heterocycles. The minimum absolute atomic E-state index is 0. The molecule has 7 heteroatoms. The van der Waals surface area contributed by atoms with Crippen molar-refractivity contribution in [2.24, 2.45) is 5.73 Å². The molecule has 25 heavy (non-hydrogen) atoms. The van der Waals surface area contributed by atoms with Crippen LogP contribution in [-0.4, -0.2) is 30.4 Å². The Hall–Kier alpha value is -1.53. The van der Waals surface area contributed by atoms with Gasteiger partial charge in [0.2, 0.25) is 0 Å². The maximum Gasteiger partial charge on any atom is 0.258 e. The molecule has 2 aromatic rings. The summed E-state index contributed by atoms with van der Waals surface area (Å²) in [5.41, 5.74) is 8.05. The van der Waals surface area contributed by atoms with E-state index in [1.807, 2.05) is 12.1 Å². The van der Waals surface area contributed by atoms with E-state index in [0.29, 0.717) is 17.9 Å². The molecule has 1 amide bonds. The number of anilines is 1. The number of furan rings is 1. The van der Waals surface area contributed by atoms with Gasteiger partial charge < -0.3 is 20.4 Å². The second kappa shape index (κ2) is 10.5. The molecule has 0 aliphatic carbocycles. The highest BCUT2D eigenvalue weighted by atomic mass is 35.5. The zero-order valence-corrected chi connectivity index (χ0v) is 15.7. The summed E-state index contributed by atoms with van der Waals surface area (Å²) in [5, 5.41) is 2.87. The average molecular weight is 386 g/mol. The molecule has 1 aliphatic heterocycles. The largest absolute Gasteiger partial charge is 0.467 e. The Morgan fingerprint density at radius 1 is 1.16 bits per heavy atom. The van der Waals surface area contributed by atoms with Crippen LogP contribution in [-0.2, 0) is 13.0 Å². The smallest absolute Gasteiger partial charge is 0.258 e. The number of amides is 1. The van der Waals surface area contributed by atoms with Crippen molar-refractivity contribution >= 4 is 36.4 Å². The van der Waals surface area contributed by atoms with Crippen molar-refractivity contribution in [1.29, 1.82) is 0 Å². The molecule has 0 atom stereocenters. The van der Waals surface area contributed by atoms with Gasteiger partial charge in [0.05, 0.1) is 12.1 Å². The Kier molecular flexibility index (Phi) is 9.00. The number of benzene rings is 1. The standard InChI is InChI=1S/C18H23N3O2.2ClH/c19-12-17-11-15(13-23-17)18(22)20-16-5-3-14(4-6-16)7-10-21-8-1-2-9-21;;/h3-6,11,13H,1-2,7-10,12,19H2,(H,20,22);2*1H. The van der Waals surface area contributed by atoms with Crippen molar-refractivity contribution < 1.29 is 9.21 Å². The molecule has 0 bridgehead atoms. The summed E-state index contributed by atoms with van der Waals surface area (Å²) in [6.07, 6.45) is 5.13. The van der Waals surface area contributed by atoms with Crippen LogP contribution in [0.4, 0.5) is 5.69 Å². The van der Waals surface area contributed by atoms with Crippen LogP contribution in [0.2, 0.25) is 0 Å². The maximum absolute atomic E-state index is 12.1. The van der Waals surface area contributed by atoms with Crippen LogP contribution in [0, 0.1) is 0 Å². The molecule has 0 unspecified atom stereocenters. The molecule has 1 aromatic heterocycles. The van der Waals surface area contributed by atoms with Crippen LogP contribution in [0.3, 0.4) is 0 Å². The number of nitrogens with one attached hydrogen (secondary N) is 1. The van der Waals surface area contributed by atoms with Crippen molar-refractivity contribution in [1.82, 2.24) is 4.90 Å². The van der Waals surface area contributed by atoms with E-state index in [0.717, 1.165) is 18.7 Å². The number of nitrogens with two attached hydrogens (primary N) is 1. The summed E-state index contributed by atoms with van der Waals surface area (Å²) in [5.74, 6) is 0.422. The van der Waals surface area contributed by atoms with Gasteiger partial charge >= 0.3 is 0 Å². The molecule has 3 N–H and O–H groups in total. The molecule has 1 saturated heterocycles. The quantitative estimate of drug-likeness (QED) is 0.798. The summed E-state index contributed by atoms with van der Waals surface area (Å²) in [4.78, 5) is 14.6. The zero-order chi connectivity index (χ0) is 16.1. The molecule has 0 saturated carbocycles. The highest BCUT2D eigenvalue weighted by molar-refractivity contribution is 6.04. The third kappa shape index (κ3) is 6.04. The van der Waals surface area contributed by atoms with Gasteiger partial charge in [-0.25, -0.2) is 0 Å². The molecule has 5 nitrogen and oxygen atoms in total. The van der Waals surface area contributed by atoms with E-state index in [1.54, 1.807) is 6.07 Å². The van der Waals surface area contributed by atoms with Crippen molar-refractivity contribution in [2.75, 3.05) is 25.0 Å². The molecular weight excluding hydrogens is 361 g/mol. The zero-order valence-electron chi connectivity index (χ0n) is 14.1. The van der Waals surface area contributed by atoms with Crippen molar-refractivity contribution in [3.05, 3.63) is 53.5 Å². The van der Waals surface area contributed by atoms with Crippen LogP contribution >= 0.6 is 24.8 Å². The molecule has 138 valence electrons. The molecule has 1 aromatic carbocycles. The fourth-order valence-corrected chi connectivity index (χ4v) is 2.86. The highest BCUT2D eigenvalue weighted by Crippen LogP contribution is 2.15. The summed E-state index contributed by atoms with van der Waals surface area (Å²) in [7, 11) is 0. The predicted molar refractivity (Wildman–Crippen MR) is 105 cm³/mol. The van der Waals surface area contributed by atoms with E-state index in [4.69, 9.17) is 10.2 Å². The molecule has 0 radical (unpaired) electrons. The van der Waals surface area contributed by atoms with Gasteiger partial charge in [0, 0.05) is 12.2 Å². The topological polar surface area (TPSA) is 71.5 Å². The van der Waals surface area contributed by atoms with Gasteiger partial charge in [-0.1, -0.05) is 12.1 Å². The summed E-state index contributed by atoms with van der Waals surface area (Å²) in [6.45, 7) is 3.86. The SMILES string of the molecule is Cl.Cl.NCc1cc(C(=O)Nc2ccc(CCN3CCCC3)cc2)co1. The average Bonchev–Trinajstić information content (AvgIpc) is 3.25. The van der Waals surface area contributed by atoms with Crippen molar-refractivity contribution in [3.8, 4) is 0 Å². The molecular formula is C18H25Cl2N3O2. The Labute approximate surface area is 160 Å². The van der Waals surface area contributed by atoms with Crippen LogP contribution in [0.5, 0.6) is 0 Å². The molecule has 3 rings (SSSR count). The predicted octanol–water partition coefficient (Wildman–Crippen LogP) is 3.47. The minimum atomic E-state index is -0.182. The van der Waals surface area contributed by atoms with Gasteiger partial charge in [-0.3, -0.25) is 4.79 Å². The van der Waals surface area contributed by atoms with Gasteiger partial charge in [-0.2, -0.15) is 0 Å². The second-order valence-corrected chi connectivity index (χ2v) is 5.96. The fourth-order valence-electron chi connectivity index (χ4n) is 2.86. The number of halogens is 2. The summed E-state index contributed by atoms with van der Waals surface area (Å²) < 4.78 is 5.18. The van der Waals surface area contributed by atoms with E-state index in [1.165, 1.54) is 37.8 Å². The molecule has 1 fully saturated rings. The molecule has 0 spiro atoms. The van der Waals surface area contributed by atoms with Crippen LogP contribution in [0.25, 0.3) is 0 Å². The lowest BCUT2D eigenvalue weighted by atomic mass is 10.1. The number of likely N-dealkylation sites (tertiary alicyclic amines) is 1. The number of nitrogens with zero attached hydrogens (tertiary/aromatic N) is 1. The third-order valence-electron chi connectivity index (χ3n) is 4.24. The van der Waals surface area contributed by atoms with E-state index < -0.39 is 0 Å². The number of hydrogen-bond acceptors (Lipinski definition) is 4. The second-order valence-electron chi connectivity index (χ2n) is 5.96. The van der Waals surface area contributed by atoms with Gasteiger partial charge in [0.1, 0.15) is 12.0 Å². The highest BCUT2D eigenvalue weighted by Gasteiger charge is 2.12. The first-order valence-corrected chi connectivity index (χ1v) is 8.15. The lowest BCUT2D eigenvalue weighted by Gasteiger charge is -2.14. The number of hydrogen-bond donors (Lipinski definition) is 2. The normalized spacial score (nSPS) is 13.8. The fraction of sp³-hybridized carbons (Fsp3) is 0.389. The first-order chi connectivity index (χ1) is 11.2. The summed E-state index contributed by atoms with van der Waals surface area (Å²) in [6, 6.07) is 9.71. The van der Waals surface area contributed by atoms with Crippen molar-refractivity contribution in [3.63, 3.8) is 0 Å². The van der Waals surface area contributed by atoms with Crippen LogP contribution < -0.4 is 11.1 Å². The first kappa shape index (κ1) is 21.5. The van der Waals surface area contributed by atoms with Gasteiger partial charge in [-0.15, -0.1) is 24.8 Å². The molecule has 1 aliphatic rings. The third-order valence-corrected chi connectivity index (χ3v) is 4.24. The van der Waals surface area contributed by atoms with Gasteiger partial charge in [0.15, 0.2) is 0 Å². The number of carbonyl (C=O) groups is 1. The summed E-state index contributed by atoms with van der Waals surface area (Å²) >= 11 is 0. The Morgan fingerprint density at radius 2 is 1.84 bits per heavy atom. The van der Waals surface area contributed by atoms with E-state index >= 15 is 0 Å². The minimum Gasteiger partial charge on any atom is -0.467 e. The number of rotatable bonds is 6. The lowest BCUT2D eigenvalue weighted by Crippen LogP contribution is -2.21. The first-order valence-electron chi connectivity index (χ1n) is 8.15. The van der Waals surface area contributed by atoms with Crippen molar-refractivity contribution in [2.45, 2.75) is 25.8 Å². The monoisotopic (exact) mass is 385 g/mol. The van der Waals surface area contributed by atoms with E-state index in [-0.39, 0.29) is 30.7 Å². The van der Waals surface area contributed by atoms with E-state index in [2.05, 4.69) is 22.3 Å². The Morgan fingerprint density at radius 3 is 2.44 bits per heavy atom. The Balaban J connectivity index is 0.00000156. The van der Waals surface area contributed by atoms with Gasteiger partial charge in [0.25, 0.3) is 5.91 Å². The van der Waals surface area contributed by atoms with Crippen LogP contribution in [0.15, 0.2) is 41.0 Å². The Bertz CT molecular complexity index is 653. The van der Waals surface area contributed by atoms with Crippen LogP contribution in [0.1, 0.15) is 34.5 Å². The maximum atomic E-state index is 12.1. The van der Waals surface area contributed by atoms with E-state index in [9.17, 15) is 4.79 Å². The van der Waals surface area contributed by atoms with Gasteiger partial charge in [-0.05, 0) is 56.1 Å².